The molecule has 2 aromatic rings. The van der Waals surface area contributed by atoms with Gasteiger partial charge in [-0.2, -0.15) is 0 Å². The second-order valence-electron chi connectivity index (χ2n) is 7.68. The van der Waals surface area contributed by atoms with Crippen molar-refractivity contribution in [1.82, 2.24) is 19.9 Å². The maximum absolute atomic E-state index is 4.95. The van der Waals surface area contributed by atoms with Crippen molar-refractivity contribution >= 4 is 0 Å². The molecule has 0 radical (unpaired) electrons. The lowest BCUT2D eigenvalue weighted by atomic mass is 9.80. The molecule has 0 saturated heterocycles. The van der Waals surface area contributed by atoms with Crippen molar-refractivity contribution in [3.63, 3.8) is 0 Å². The van der Waals surface area contributed by atoms with E-state index < -0.39 is 0 Å². The lowest BCUT2D eigenvalue weighted by Gasteiger charge is -2.28. The molecule has 132 valence electrons. The Morgan fingerprint density at radius 2 is 1.32 bits per heavy atom. The lowest BCUT2D eigenvalue weighted by molar-refractivity contribution is 0.425. The summed E-state index contributed by atoms with van der Waals surface area (Å²) in [6, 6.07) is 0. The second kappa shape index (κ2) is 7.59. The highest BCUT2D eigenvalue weighted by Crippen LogP contribution is 2.42. The van der Waals surface area contributed by atoms with Crippen molar-refractivity contribution in [2.45, 2.75) is 83.0 Å². The third kappa shape index (κ3) is 3.58. The van der Waals surface area contributed by atoms with Gasteiger partial charge in [-0.05, 0) is 32.6 Å². The van der Waals surface area contributed by atoms with Crippen LogP contribution in [0.1, 0.15) is 93.3 Å². The van der Waals surface area contributed by atoms with Gasteiger partial charge in [0, 0.05) is 29.8 Å². The van der Waals surface area contributed by atoms with Gasteiger partial charge in [-0.1, -0.05) is 38.5 Å². The van der Waals surface area contributed by atoms with Crippen molar-refractivity contribution in [2.24, 2.45) is 0 Å². The van der Waals surface area contributed by atoms with Crippen molar-refractivity contribution in [3.8, 4) is 11.3 Å². The Hall–Kier alpha value is -1.84. The summed E-state index contributed by atoms with van der Waals surface area (Å²) in [5, 5.41) is 0. The predicted octanol–water partition coefficient (Wildman–Crippen LogP) is 5.34. The molecule has 2 aliphatic rings. The summed E-state index contributed by atoms with van der Waals surface area (Å²) < 4.78 is 0. The van der Waals surface area contributed by atoms with Gasteiger partial charge in [0.05, 0.1) is 23.3 Å². The van der Waals surface area contributed by atoms with Crippen LogP contribution in [0.5, 0.6) is 0 Å². The third-order valence-electron chi connectivity index (χ3n) is 5.88. The molecule has 4 rings (SSSR count). The van der Waals surface area contributed by atoms with E-state index in [1.165, 1.54) is 81.2 Å². The van der Waals surface area contributed by atoms with Crippen LogP contribution in [0.25, 0.3) is 11.3 Å². The highest BCUT2D eigenvalue weighted by Gasteiger charge is 2.28. The van der Waals surface area contributed by atoms with Crippen LogP contribution in [0.2, 0.25) is 0 Å². The molecule has 2 aromatic heterocycles. The molecule has 0 spiro atoms. The number of rotatable bonds is 3. The summed E-state index contributed by atoms with van der Waals surface area (Å²) in [6.45, 7) is 2.05. The quantitative estimate of drug-likeness (QED) is 0.759. The molecule has 2 saturated carbocycles. The number of aryl methyl sites for hydroxylation is 1. The van der Waals surface area contributed by atoms with E-state index >= 15 is 0 Å². The standard InChI is InChI=1S/C21H28N4/c1-15-24-20(16-8-4-2-5-9-16)19(18-14-22-12-13-23-18)21(25-15)17-10-6-3-7-11-17/h12-14,16-17H,2-11H2,1H3. The normalized spacial score (nSPS) is 19.9. The Morgan fingerprint density at radius 3 is 1.80 bits per heavy atom. The van der Waals surface area contributed by atoms with E-state index in [4.69, 9.17) is 9.97 Å². The van der Waals surface area contributed by atoms with Gasteiger partial charge in [0.25, 0.3) is 0 Å². The van der Waals surface area contributed by atoms with Gasteiger partial charge in [0.1, 0.15) is 5.82 Å². The largest absolute Gasteiger partial charge is 0.261 e. The zero-order valence-electron chi connectivity index (χ0n) is 15.2. The van der Waals surface area contributed by atoms with Crippen LogP contribution in [-0.4, -0.2) is 19.9 Å². The summed E-state index contributed by atoms with van der Waals surface area (Å²) in [7, 11) is 0. The van der Waals surface area contributed by atoms with Crippen molar-refractivity contribution in [1.29, 1.82) is 0 Å². The molecule has 2 aliphatic carbocycles. The first-order chi connectivity index (χ1) is 12.3. The molecule has 0 N–H and O–H groups in total. The fourth-order valence-electron chi connectivity index (χ4n) is 4.65. The Labute approximate surface area is 150 Å². The van der Waals surface area contributed by atoms with E-state index in [1.807, 2.05) is 6.20 Å². The van der Waals surface area contributed by atoms with Gasteiger partial charge in [0.15, 0.2) is 0 Å². The van der Waals surface area contributed by atoms with Gasteiger partial charge in [-0.3, -0.25) is 9.97 Å². The van der Waals surface area contributed by atoms with Gasteiger partial charge in [-0.25, -0.2) is 9.97 Å². The van der Waals surface area contributed by atoms with Crippen molar-refractivity contribution in [3.05, 3.63) is 35.8 Å². The summed E-state index contributed by atoms with van der Waals surface area (Å²) in [5.41, 5.74) is 4.66. The third-order valence-corrected chi connectivity index (χ3v) is 5.88. The van der Waals surface area contributed by atoms with E-state index in [9.17, 15) is 0 Å². The van der Waals surface area contributed by atoms with Crippen LogP contribution in [-0.2, 0) is 0 Å². The predicted molar refractivity (Wildman–Crippen MR) is 99.4 cm³/mol. The van der Waals surface area contributed by atoms with E-state index in [1.54, 1.807) is 12.4 Å². The van der Waals surface area contributed by atoms with Gasteiger partial charge < -0.3 is 0 Å². The zero-order chi connectivity index (χ0) is 17.1. The molecule has 4 heteroatoms. The van der Waals surface area contributed by atoms with Crippen LogP contribution in [0.3, 0.4) is 0 Å². The van der Waals surface area contributed by atoms with Gasteiger partial charge in [0.2, 0.25) is 0 Å². The molecule has 0 aromatic carbocycles. The van der Waals surface area contributed by atoms with Crippen LogP contribution in [0, 0.1) is 6.92 Å². The molecule has 4 nitrogen and oxygen atoms in total. The SMILES string of the molecule is Cc1nc(C2CCCCC2)c(-c2cnccn2)c(C2CCCCC2)n1. The van der Waals surface area contributed by atoms with Crippen molar-refractivity contribution < 1.29 is 0 Å². The highest BCUT2D eigenvalue weighted by molar-refractivity contribution is 5.65. The van der Waals surface area contributed by atoms with Gasteiger partial charge >= 0.3 is 0 Å². The molecule has 0 bridgehead atoms. The van der Waals surface area contributed by atoms with Crippen molar-refractivity contribution in [2.75, 3.05) is 0 Å². The number of nitrogens with zero attached hydrogens (tertiary/aromatic N) is 4. The molecule has 2 heterocycles. The Bertz CT molecular complexity index is 662. The molecule has 0 atom stereocenters. The maximum atomic E-state index is 4.95. The summed E-state index contributed by atoms with van der Waals surface area (Å²) in [4.78, 5) is 18.9. The van der Waals surface area contributed by atoms with Crippen LogP contribution in [0.4, 0.5) is 0 Å². The van der Waals surface area contributed by atoms with Gasteiger partial charge in [-0.15, -0.1) is 0 Å². The van der Waals surface area contributed by atoms with Crippen LogP contribution >= 0.6 is 0 Å². The smallest absolute Gasteiger partial charge is 0.125 e. The second-order valence-corrected chi connectivity index (χ2v) is 7.68. The van der Waals surface area contributed by atoms with E-state index in [0.29, 0.717) is 11.8 Å². The molecule has 2 fully saturated rings. The molecular weight excluding hydrogens is 308 g/mol. The minimum Gasteiger partial charge on any atom is -0.261 e. The Kier molecular flexibility index (Phi) is 5.04. The minimum atomic E-state index is 0.551. The molecular formula is C21H28N4. The number of hydrogen-bond donors (Lipinski definition) is 0. The van der Waals surface area contributed by atoms with Crippen LogP contribution in [0.15, 0.2) is 18.6 Å². The number of aromatic nitrogens is 4. The summed E-state index contributed by atoms with van der Waals surface area (Å²) >= 11 is 0. The Balaban J connectivity index is 1.85. The fourth-order valence-corrected chi connectivity index (χ4v) is 4.65. The average Bonchev–Trinajstić information content (AvgIpc) is 2.69. The monoisotopic (exact) mass is 336 g/mol. The first-order valence-electron chi connectivity index (χ1n) is 9.97. The average molecular weight is 336 g/mol. The summed E-state index contributed by atoms with van der Waals surface area (Å²) in [5.74, 6) is 2.03. The summed E-state index contributed by atoms with van der Waals surface area (Å²) in [6.07, 6.45) is 18.4. The van der Waals surface area contributed by atoms with E-state index in [2.05, 4.69) is 16.9 Å². The van der Waals surface area contributed by atoms with Crippen LogP contribution < -0.4 is 0 Å². The Morgan fingerprint density at radius 1 is 0.760 bits per heavy atom. The highest BCUT2D eigenvalue weighted by atomic mass is 14.9. The zero-order valence-corrected chi connectivity index (χ0v) is 15.2. The molecule has 25 heavy (non-hydrogen) atoms. The fraction of sp³-hybridized carbons (Fsp3) is 0.619. The maximum Gasteiger partial charge on any atom is 0.125 e. The minimum absolute atomic E-state index is 0.551. The molecule has 0 unspecified atom stereocenters. The lowest BCUT2D eigenvalue weighted by Crippen LogP contribution is -2.16. The first-order valence-corrected chi connectivity index (χ1v) is 9.97. The molecule has 0 aliphatic heterocycles. The van der Waals surface area contributed by atoms with E-state index in [0.717, 1.165) is 11.5 Å². The van der Waals surface area contributed by atoms with E-state index in [-0.39, 0.29) is 0 Å². The topological polar surface area (TPSA) is 51.6 Å². The number of hydrogen-bond acceptors (Lipinski definition) is 4. The first kappa shape index (κ1) is 16.6. The molecule has 0 amide bonds.